The molecule has 1 aliphatic carbocycles. The molecule has 0 spiro atoms. The highest BCUT2D eigenvalue weighted by molar-refractivity contribution is 5.89. The number of aryl methyl sites for hydroxylation is 1. The second-order valence-electron chi connectivity index (χ2n) is 9.84. The topological polar surface area (TPSA) is 71.0 Å². The van der Waals surface area contributed by atoms with E-state index in [0.717, 1.165) is 43.7 Å². The average molecular weight is 430 g/mol. The zero-order chi connectivity index (χ0) is 22.3. The number of aromatic nitrogens is 2. The van der Waals surface area contributed by atoms with Gasteiger partial charge in [-0.1, -0.05) is 51.1 Å². The molecule has 1 atom stereocenters. The average Bonchev–Trinajstić information content (AvgIpc) is 3.38. The third-order valence-corrected chi connectivity index (χ3v) is 6.48. The first-order valence-corrected chi connectivity index (χ1v) is 11.5. The van der Waals surface area contributed by atoms with Crippen LogP contribution in [0.3, 0.4) is 0 Å². The van der Waals surface area contributed by atoms with E-state index in [9.17, 15) is 4.79 Å². The van der Waals surface area contributed by atoms with Crippen molar-refractivity contribution < 1.29 is 4.79 Å². The van der Waals surface area contributed by atoms with Crippen LogP contribution >= 0.6 is 0 Å². The molecular formula is C26H31N5O. The van der Waals surface area contributed by atoms with Gasteiger partial charge in [0, 0.05) is 18.0 Å². The zero-order valence-electron chi connectivity index (χ0n) is 19.0. The molecular weight excluding hydrogens is 398 g/mol. The number of nitrogens with zero attached hydrogens (tertiary/aromatic N) is 2. The van der Waals surface area contributed by atoms with E-state index in [1.165, 1.54) is 22.3 Å². The van der Waals surface area contributed by atoms with Crippen molar-refractivity contribution in [3.63, 3.8) is 0 Å². The van der Waals surface area contributed by atoms with Crippen LogP contribution in [0.4, 0.5) is 10.6 Å². The third-order valence-electron chi connectivity index (χ3n) is 6.48. The number of carbonyl (C=O) groups excluding carboxylic acids is 1. The monoisotopic (exact) mass is 429 g/mol. The SMILES string of the molecule is CC(C)(C)c1cc(NC(=O)NC2CCc3ccccc32)n(-c2ccc3c(c2)CNCC3)n1. The molecule has 6 nitrogen and oxygen atoms in total. The van der Waals surface area contributed by atoms with E-state index in [2.05, 4.69) is 73.1 Å². The molecule has 1 aromatic heterocycles. The van der Waals surface area contributed by atoms with Gasteiger partial charge in [0.15, 0.2) is 0 Å². The number of benzene rings is 2. The van der Waals surface area contributed by atoms with Crippen molar-refractivity contribution in [2.75, 3.05) is 11.9 Å². The van der Waals surface area contributed by atoms with Gasteiger partial charge in [-0.15, -0.1) is 0 Å². The lowest BCUT2D eigenvalue weighted by Crippen LogP contribution is -2.32. The maximum absolute atomic E-state index is 13.0. The number of fused-ring (bicyclic) bond motifs is 2. The third kappa shape index (κ3) is 4.02. The van der Waals surface area contributed by atoms with Crippen molar-refractivity contribution in [1.29, 1.82) is 0 Å². The summed E-state index contributed by atoms with van der Waals surface area (Å²) in [5, 5.41) is 14.5. The fourth-order valence-electron chi connectivity index (χ4n) is 4.65. The maximum Gasteiger partial charge on any atom is 0.320 e. The van der Waals surface area contributed by atoms with Gasteiger partial charge in [0.25, 0.3) is 0 Å². The van der Waals surface area contributed by atoms with Crippen LogP contribution in [0.15, 0.2) is 48.5 Å². The van der Waals surface area contributed by atoms with Crippen LogP contribution in [0.2, 0.25) is 0 Å². The quantitative estimate of drug-likeness (QED) is 0.569. The Morgan fingerprint density at radius 1 is 1.06 bits per heavy atom. The van der Waals surface area contributed by atoms with Crippen molar-refractivity contribution in [3.05, 3.63) is 76.5 Å². The molecule has 166 valence electrons. The minimum atomic E-state index is -0.201. The molecule has 0 fully saturated rings. The molecule has 3 aromatic rings. The van der Waals surface area contributed by atoms with Crippen molar-refractivity contribution in [2.45, 2.75) is 58.0 Å². The van der Waals surface area contributed by atoms with E-state index >= 15 is 0 Å². The smallest absolute Gasteiger partial charge is 0.320 e. The van der Waals surface area contributed by atoms with Crippen molar-refractivity contribution >= 4 is 11.8 Å². The van der Waals surface area contributed by atoms with Crippen molar-refractivity contribution in [3.8, 4) is 5.69 Å². The van der Waals surface area contributed by atoms with Crippen LogP contribution in [-0.2, 0) is 24.8 Å². The summed E-state index contributed by atoms with van der Waals surface area (Å²) in [6.07, 6.45) is 2.96. The maximum atomic E-state index is 13.0. The lowest BCUT2D eigenvalue weighted by Gasteiger charge is -2.19. The first kappa shape index (κ1) is 20.8. The van der Waals surface area contributed by atoms with E-state index in [0.29, 0.717) is 5.82 Å². The molecule has 0 radical (unpaired) electrons. The summed E-state index contributed by atoms with van der Waals surface area (Å²) < 4.78 is 1.86. The number of rotatable bonds is 3. The van der Waals surface area contributed by atoms with E-state index in [4.69, 9.17) is 5.10 Å². The van der Waals surface area contributed by atoms with Gasteiger partial charge in [-0.05, 0) is 60.2 Å². The number of amides is 2. The summed E-state index contributed by atoms with van der Waals surface area (Å²) >= 11 is 0. The molecule has 5 rings (SSSR count). The van der Waals surface area contributed by atoms with Gasteiger partial charge in [0.05, 0.1) is 17.4 Å². The highest BCUT2D eigenvalue weighted by atomic mass is 16.2. The van der Waals surface area contributed by atoms with Crippen LogP contribution in [0, 0.1) is 0 Å². The van der Waals surface area contributed by atoms with Crippen LogP contribution in [-0.4, -0.2) is 22.4 Å². The number of nitrogens with one attached hydrogen (secondary N) is 3. The Kier molecular flexibility index (Phi) is 5.25. The number of urea groups is 1. The zero-order valence-corrected chi connectivity index (χ0v) is 19.0. The number of anilines is 1. The van der Waals surface area contributed by atoms with E-state index < -0.39 is 0 Å². The first-order valence-electron chi connectivity index (χ1n) is 11.5. The molecule has 0 saturated carbocycles. The molecule has 6 heteroatoms. The van der Waals surface area contributed by atoms with Gasteiger partial charge < -0.3 is 10.6 Å². The first-order chi connectivity index (χ1) is 15.4. The predicted molar refractivity (Wildman–Crippen MR) is 127 cm³/mol. The fraction of sp³-hybridized carbons (Fsp3) is 0.385. The summed E-state index contributed by atoms with van der Waals surface area (Å²) in [4.78, 5) is 13.0. The van der Waals surface area contributed by atoms with Gasteiger partial charge in [-0.2, -0.15) is 5.10 Å². The molecule has 0 bridgehead atoms. The van der Waals surface area contributed by atoms with Gasteiger partial charge >= 0.3 is 6.03 Å². The molecule has 2 amide bonds. The van der Waals surface area contributed by atoms with Crippen molar-refractivity contribution in [1.82, 2.24) is 20.4 Å². The Labute approximate surface area is 189 Å². The largest absolute Gasteiger partial charge is 0.331 e. The van der Waals surface area contributed by atoms with Crippen LogP contribution in [0.25, 0.3) is 5.69 Å². The summed E-state index contributed by atoms with van der Waals surface area (Å²) in [6, 6.07) is 16.6. The fourth-order valence-corrected chi connectivity index (χ4v) is 4.65. The molecule has 0 saturated heterocycles. The molecule has 2 aromatic carbocycles. The summed E-state index contributed by atoms with van der Waals surface area (Å²) in [5.74, 6) is 0.683. The molecule has 1 unspecified atom stereocenters. The van der Waals surface area contributed by atoms with E-state index in [1.54, 1.807) is 0 Å². The number of carbonyl (C=O) groups is 1. The Morgan fingerprint density at radius 3 is 2.75 bits per heavy atom. The lowest BCUT2D eigenvalue weighted by atomic mass is 9.92. The molecule has 32 heavy (non-hydrogen) atoms. The van der Waals surface area contributed by atoms with E-state index in [1.807, 2.05) is 16.8 Å². The minimum Gasteiger partial charge on any atom is -0.331 e. The standard InChI is InChI=1S/C26H31N5O/c1-26(2,3)23-15-24(29-25(32)28-22-11-9-18-6-4-5-7-21(18)22)31(30-23)20-10-8-17-12-13-27-16-19(17)14-20/h4-8,10,14-15,22,27H,9,11-13,16H2,1-3H3,(H2,28,29,32). The van der Waals surface area contributed by atoms with E-state index in [-0.39, 0.29) is 17.5 Å². The molecule has 2 aliphatic rings. The van der Waals surface area contributed by atoms with Gasteiger partial charge in [-0.25, -0.2) is 9.48 Å². The summed E-state index contributed by atoms with van der Waals surface area (Å²) in [7, 11) is 0. The number of hydrogen-bond acceptors (Lipinski definition) is 3. The Balaban J connectivity index is 1.42. The Morgan fingerprint density at radius 2 is 1.91 bits per heavy atom. The van der Waals surface area contributed by atoms with Gasteiger partial charge in [0.1, 0.15) is 5.82 Å². The second kappa shape index (κ2) is 8.10. The second-order valence-corrected chi connectivity index (χ2v) is 9.84. The van der Waals surface area contributed by atoms with Crippen molar-refractivity contribution in [2.24, 2.45) is 0 Å². The normalized spacial score (nSPS) is 17.5. The highest BCUT2D eigenvalue weighted by Crippen LogP contribution is 2.31. The van der Waals surface area contributed by atoms with Crippen LogP contribution in [0.5, 0.6) is 0 Å². The summed E-state index contributed by atoms with van der Waals surface area (Å²) in [6.45, 7) is 8.28. The van der Waals surface area contributed by atoms with Crippen LogP contribution in [0.1, 0.15) is 61.2 Å². The highest BCUT2D eigenvalue weighted by Gasteiger charge is 2.25. The van der Waals surface area contributed by atoms with Gasteiger partial charge in [-0.3, -0.25) is 5.32 Å². The Bertz CT molecular complexity index is 1160. The minimum absolute atomic E-state index is 0.0412. The predicted octanol–water partition coefficient (Wildman–Crippen LogP) is 4.62. The molecule has 1 aliphatic heterocycles. The van der Waals surface area contributed by atoms with Gasteiger partial charge in [0.2, 0.25) is 0 Å². The molecule has 3 N–H and O–H groups in total. The molecule has 2 heterocycles. The number of hydrogen-bond donors (Lipinski definition) is 3. The Hall–Kier alpha value is -3.12. The lowest BCUT2D eigenvalue weighted by molar-refractivity contribution is 0.248. The van der Waals surface area contributed by atoms with Crippen LogP contribution < -0.4 is 16.0 Å². The summed E-state index contributed by atoms with van der Waals surface area (Å²) in [5.41, 5.74) is 6.98.